The Morgan fingerprint density at radius 3 is 2.47 bits per heavy atom. The number of aryl methyl sites for hydroxylation is 1. The van der Waals surface area contributed by atoms with Crippen LogP contribution in [0.5, 0.6) is 5.75 Å². The Kier molecular flexibility index (Phi) is 9.60. The Bertz CT molecular complexity index is 2060. The van der Waals surface area contributed by atoms with Crippen molar-refractivity contribution >= 4 is 40.8 Å². The highest BCUT2D eigenvalue weighted by Crippen LogP contribution is 2.44. The molecule has 1 spiro atoms. The number of amides is 4. The zero-order valence-corrected chi connectivity index (χ0v) is 28.6. The van der Waals surface area contributed by atoms with Gasteiger partial charge in [-0.25, -0.2) is 4.79 Å². The van der Waals surface area contributed by atoms with E-state index >= 15 is 0 Å². The first kappa shape index (κ1) is 34.0. The first-order chi connectivity index (χ1) is 24.7. The number of phenols is 1. The molecule has 7 rings (SSSR count). The number of carbonyl (C=O) groups excluding carboxylic acids is 3. The fraction of sp³-hybridized carbons (Fsp3) is 0.289. The molecule has 0 bridgehead atoms. The SMILES string of the molecule is Cn1cc(C#Cc2ccc(NC(=O)[C@@H]3COC4(CCC4)N3C(=O)/C(=N/C(=O)N3CCOCC3)c3ccccc3)cc2)c(-c2cc(Cl)ccc2O)n1. The van der Waals surface area contributed by atoms with E-state index in [1.165, 1.54) is 11.0 Å². The summed E-state index contributed by atoms with van der Waals surface area (Å²) in [5, 5.41) is 18.3. The van der Waals surface area contributed by atoms with Gasteiger partial charge >= 0.3 is 6.03 Å². The van der Waals surface area contributed by atoms with Gasteiger partial charge in [0.05, 0.1) is 25.4 Å². The van der Waals surface area contributed by atoms with Crippen LogP contribution in [0.1, 0.15) is 36.0 Å². The predicted octanol–water partition coefficient (Wildman–Crippen LogP) is 4.83. The molecule has 0 radical (unpaired) electrons. The summed E-state index contributed by atoms with van der Waals surface area (Å²) >= 11 is 6.16. The average Bonchev–Trinajstić information content (AvgIpc) is 3.73. The number of benzene rings is 3. The maximum absolute atomic E-state index is 14.4. The molecule has 4 amide bonds. The molecule has 1 atom stereocenters. The Hall–Kier alpha value is -5.48. The highest BCUT2D eigenvalue weighted by molar-refractivity contribution is 6.47. The van der Waals surface area contributed by atoms with E-state index in [1.807, 2.05) is 6.07 Å². The maximum atomic E-state index is 14.4. The molecule has 1 saturated carbocycles. The molecular weight excluding hydrogens is 672 g/mol. The van der Waals surface area contributed by atoms with E-state index < -0.39 is 29.6 Å². The third kappa shape index (κ3) is 7.09. The molecule has 4 aromatic rings. The van der Waals surface area contributed by atoms with Crippen molar-refractivity contribution in [3.63, 3.8) is 0 Å². The average molecular weight is 707 g/mol. The van der Waals surface area contributed by atoms with Gasteiger partial charge in [0.25, 0.3) is 5.91 Å². The molecule has 1 aliphatic carbocycles. The number of hydrogen-bond acceptors (Lipinski definition) is 7. The van der Waals surface area contributed by atoms with Gasteiger partial charge in [-0.05, 0) is 61.7 Å². The van der Waals surface area contributed by atoms with Crippen LogP contribution in [0.2, 0.25) is 5.02 Å². The predicted molar refractivity (Wildman–Crippen MR) is 190 cm³/mol. The molecular formula is C38H35ClN6O6. The number of nitrogens with zero attached hydrogens (tertiary/aromatic N) is 5. The largest absolute Gasteiger partial charge is 0.507 e. The number of hydrogen-bond donors (Lipinski definition) is 2. The van der Waals surface area contributed by atoms with Crippen LogP contribution in [0.15, 0.2) is 84.0 Å². The van der Waals surface area contributed by atoms with Gasteiger partial charge in [0.1, 0.15) is 28.9 Å². The van der Waals surface area contributed by atoms with Crippen molar-refractivity contribution in [1.82, 2.24) is 19.6 Å². The summed E-state index contributed by atoms with van der Waals surface area (Å²) in [5.41, 5.74) is 2.28. The molecule has 2 saturated heterocycles. The summed E-state index contributed by atoms with van der Waals surface area (Å²) in [4.78, 5) is 48.9. The number of aromatic hydroxyl groups is 1. The minimum atomic E-state index is -0.948. The van der Waals surface area contributed by atoms with Gasteiger partial charge in [0.15, 0.2) is 0 Å². The number of rotatable bonds is 5. The lowest BCUT2D eigenvalue weighted by molar-refractivity contribution is -0.164. The van der Waals surface area contributed by atoms with Gasteiger partial charge in [-0.3, -0.25) is 19.2 Å². The van der Waals surface area contributed by atoms with Crippen LogP contribution in [0.25, 0.3) is 11.3 Å². The molecule has 260 valence electrons. The fourth-order valence-corrected chi connectivity index (χ4v) is 6.56. The van der Waals surface area contributed by atoms with E-state index in [-0.39, 0.29) is 18.1 Å². The maximum Gasteiger partial charge on any atom is 0.344 e. The Morgan fingerprint density at radius 2 is 1.76 bits per heavy atom. The summed E-state index contributed by atoms with van der Waals surface area (Å²) in [5.74, 6) is 5.32. The van der Waals surface area contributed by atoms with E-state index in [9.17, 15) is 19.5 Å². The molecule has 3 heterocycles. The van der Waals surface area contributed by atoms with Crippen LogP contribution in [0.4, 0.5) is 10.5 Å². The number of urea groups is 1. The lowest BCUT2D eigenvalue weighted by Crippen LogP contribution is -2.59. The van der Waals surface area contributed by atoms with Crippen molar-refractivity contribution in [3.05, 3.63) is 101 Å². The molecule has 1 aromatic heterocycles. The molecule has 0 unspecified atom stereocenters. The number of aliphatic imine (C=N–C) groups is 1. The number of carbonyl (C=O) groups is 3. The third-order valence-corrected chi connectivity index (χ3v) is 9.43. The zero-order chi connectivity index (χ0) is 35.5. The summed E-state index contributed by atoms with van der Waals surface area (Å²) < 4.78 is 13.2. The standard InChI is InChI=1S/C38H35ClN6O6/c1-43-23-27(33(42-43)30-22-28(39)12-15-32(30)46)11-8-25-9-13-29(14-10-25)40-35(47)31-24-51-38(16-5-17-38)45(31)36(48)34(26-6-3-2-4-7-26)41-37(49)44-18-20-50-21-19-44/h2-4,6-7,9-10,12-15,22-23,31,46H,5,16-21,24H2,1H3,(H,40,47)/b41-34+/t31-/m0/s1. The van der Waals surface area contributed by atoms with Crippen molar-refractivity contribution in [2.24, 2.45) is 12.0 Å². The highest BCUT2D eigenvalue weighted by Gasteiger charge is 2.56. The van der Waals surface area contributed by atoms with Crippen LogP contribution in [-0.4, -0.2) is 92.9 Å². The van der Waals surface area contributed by atoms with Crippen molar-refractivity contribution in [1.29, 1.82) is 0 Å². The Morgan fingerprint density at radius 1 is 1.02 bits per heavy atom. The van der Waals surface area contributed by atoms with Gasteiger partial charge in [-0.1, -0.05) is 53.8 Å². The van der Waals surface area contributed by atoms with Gasteiger partial charge in [-0.15, -0.1) is 0 Å². The Balaban J connectivity index is 1.10. The third-order valence-electron chi connectivity index (χ3n) is 9.19. The summed E-state index contributed by atoms with van der Waals surface area (Å²) in [6, 6.07) is 19.1. The number of ether oxygens (including phenoxy) is 2. The molecule has 3 aliphatic rings. The fourth-order valence-electron chi connectivity index (χ4n) is 6.39. The highest BCUT2D eigenvalue weighted by atomic mass is 35.5. The topological polar surface area (TPSA) is 139 Å². The number of aromatic nitrogens is 2. The van der Waals surface area contributed by atoms with Crippen molar-refractivity contribution in [2.45, 2.75) is 31.0 Å². The van der Waals surface area contributed by atoms with Crippen molar-refractivity contribution in [2.75, 3.05) is 38.2 Å². The van der Waals surface area contributed by atoms with Crippen molar-refractivity contribution in [3.8, 4) is 28.8 Å². The van der Waals surface area contributed by atoms with E-state index in [1.54, 1.807) is 83.5 Å². The monoisotopic (exact) mass is 706 g/mol. The normalized spacial score (nSPS) is 18.2. The van der Waals surface area contributed by atoms with Gasteiger partial charge in [-0.2, -0.15) is 10.1 Å². The molecule has 51 heavy (non-hydrogen) atoms. The first-order valence-corrected chi connectivity index (χ1v) is 17.0. The Labute approximate surface area is 299 Å². The molecule has 12 nitrogen and oxygen atoms in total. The summed E-state index contributed by atoms with van der Waals surface area (Å²) in [7, 11) is 1.77. The van der Waals surface area contributed by atoms with E-state index in [4.69, 9.17) is 21.1 Å². The first-order valence-electron chi connectivity index (χ1n) is 16.6. The van der Waals surface area contributed by atoms with Crippen molar-refractivity contribution < 1.29 is 29.0 Å². The van der Waals surface area contributed by atoms with Gasteiger partial charge in [0, 0.05) is 53.7 Å². The van der Waals surface area contributed by atoms with Crippen LogP contribution in [0, 0.1) is 11.8 Å². The van der Waals surface area contributed by atoms with E-state index in [0.29, 0.717) is 77.8 Å². The number of phenolic OH excluding ortho intramolecular Hbond substituents is 1. The second-order valence-corrected chi connectivity index (χ2v) is 13.0. The second kappa shape index (κ2) is 14.4. The minimum absolute atomic E-state index is 0.0102. The van der Waals surface area contributed by atoms with E-state index in [0.717, 1.165) is 6.42 Å². The van der Waals surface area contributed by atoms with Crippen LogP contribution in [0.3, 0.4) is 0 Å². The molecule has 13 heteroatoms. The molecule has 2 N–H and O–H groups in total. The number of nitrogens with one attached hydrogen (secondary N) is 1. The number of halogens is 1. The number of anilines is 1. The van der Waals surface area contributed by atoms with Gasteiger partial charge < -0.3 is 24.8 Å². The molecule has 2 aliphatic heterocycles. The van der Waals surface area contributed by atoms with Crippen LogP contribution < -0.4 is 5.32 Å². The molecule has 3 aromatic carbocycles. The van der Waals surface area contributed by atoms with Crippen LogP contribution >= 0.6 is 11.6 Å². The minimum Gasteiger partial charge on any atom is -0.507 e. The zero-order valence-electron chi connectivity index (χ0n) is 27.8. The molecule has 3 fully saturated rings. The second-order valence-electron chi connectivity index (χ2n) is 12.6. The summed E-state index contributed by atoms with van der Waals surface area (Å²) in [6.07, 6.45) is 3.75. The van der Waals surface area contributed by atoms with Gasteiger partial charge in [0.2, 0.25) is 5.91 Å². The number of morpholine rings is 1. The smallest absolute Gasteiger partial charge is 0.344 e. The summed E-state index contributed by atoms with van der Waals surface area (Å²) in [6.45, 7) is 1.56. The lowest BCUT2D eigenvalue weighted by Gasteiger charge is -2.45. The quantitative estimate of drug-likeness (QED) is 0.224. The van der Waals surface area contributed by atoms with Crippen LogP contribution in [-0.2, 0) is 26.1 Å². The van der Waals surface area contributed by atoms with E-state index in [2.05, 4.69) is 27.2 Å². The lowest BCUT2D eigenvalue weighted by atomic mass is 9.86.